The standard InChI is InChI=1S/C19H16BrNO3/c1-12(2)23-17-10-6-3-7-13(17)11-16-19(22)24-18(21-16)14-8-4-5-9-15(14)20/h3-12H,1-2H3/b16-11+. The van der Waals surface area contributed by atoms with Gasteiger partial charge in [0.2, 0.25) is 5.90 Å². The van der Waals surface area contributed by atoms with E-state index in [0.717, 1.165) is 15.6 Å². The van der Waals surface area contributed by atoms with Crippen LogP contribution in [0.15, 0.2) is 63.7 Å². The second-order valence-electron chi connectivity index (χ2n) is 5.52. The van der Waals surface area contributed by atoms with Gasteiger partial charge < -0.3 is 9.47 Å². The number of nitrogens with zero attached hydrogens (tertiary/aromatic N) is 1. The van der Waals surface area contributed by atoms with E-state index in [2.05, 4.69) is 20.9 Å². The van der Waals surface area contributed by atoms with Crippen LogP contribution in [0, 0.1) is 0 Å². The second kappa shape index (κ2) is 7.01. The molecule has 0 unspecified atom stereocenters. The smallest absolute Gasteiger partial charge is 0.363 e. The molecule has 0 aliphatic carbocycles. The van der Waals surface area contributed by atoms with Crippen molar-refractivity contribution in [2.24, 2.45) is 4.99 Å². The third-order valence-electron chi connectivity index (χ3n) is 3.30. The van der Waals surface area contributed by atoms with Crippen LogP contribution in [-0.4, -0.2) is 18.0 Å². The number of hydrogen-bond acceptors (Lipinski definition) is 4. The zero-order valence-corrected chi connectivity index (χ0v) is 14.9. The molecular formula is C19H16BrNO3. The van der Waals surface area contributed by atoms with Crippen LogP contribution >= 0.6 is 15.9 Å². The van der Waals surface area contributed by atoms with Crippen molar-refractivity contribution in [3.8, 4) is 5.75 Å². The van der Waals surface area contributed by atoms with Gasteiger partial charge in [-0.2, -0.15) is 0 Å². The third kappa shape index (κ3) is 3.57. The Labute approximate surface area is 148 Å². The number of para-hydroxylation sites is 1. The second-order valence-corrected chi connectivity index (χ2v) is 6.37. The van der Waals surface area contributed by atoms with E-state index >= 15 is 0 Å². The summed E-state index contributed by atoms with van der Waals surface area (Å²) in [6, 6.07) is 15.0. The van der Waals surface area contributed by atoms with E-state index in [1.807, 2.05) is 62.4 Å². The van der Waals surface area contributed by atoms with Gasteiger partial charge in [-0.25, -0.2) is 9.79 Å². The lowest BCUT2D eigenvalue weighted by Crippen LogP contribution is -2.07. The summed E-state index contributed by atoms with van der Waals surface area (Å²) >= 11 is 3.44. The molecule has 4 nitrogen and oxygen atoms in total. The molecule has 0 bridgehead atoms. The van der Waals surface area contributed by atoms with Crippen molar-refractivity contribution in [3.05, 3.63) is 69.8 Å². The number of carbonyl (C=O) groups is 1. The Hall–Kier alpha value is -2.40. The zero-order valence-electron chi connectivity index (χ0n) is 13.3. The first-order chi connectivity index (χ1) is 11.5. The molecule has 5 heteroatoms. The Kier molecular flexibility index (Phi) is 4.81. The summed E-state index contributed by atoms with van der Waals surface area (Å²) in [4.78, 5) is 16.5. The number of halogens is 1. The van der Waals surface area contributed by atoms with Crippen LogP contribution in [0.2, 0.25) is 0 Å². The first-order valence-corrected chi connectivity index (χ1v) is 8.37. The molecular weight excluding hydrogens is 370 g/mol. The van der Waals surface area contributed by atoms with Gasteiger partial charge in [0.15, 0.2) is 5.70 Å². The average molecular weight is 386 g/mol. The average Bonchev–Trinajstić information content (AvgIpc) is 2.90. The van der Waals surface area contributed by atoms with Crippen molar-refractivity contribution in [1.82, 2.24) is 0 Å². The Morgan fingerprint density at radius 3 is 2.58 bits per heavy atom. The van der Waals surface area contributed by atoms with Crippen LogP contribution < -0.4 is 4.74 Å². The molecule has 0 amide bonds. The van der Waals surface area contributed by atoms with E-state index in [0.29, 0.717) is 11.6 Å². The fourth-order valence-electron chi connectivity index (χ4n) is 2.27. The minimum atomic E-state index is -0.472. The lowest BCUT2D eigenvalue weighted by Gasteiger charge is -2.12. The molecule has 0 fully saturated rings. The van der Waals surface area contributed by atoms with Crippen LogP contribution in [-0.2, 0) is 9.53 Å². The predicted molar refractivity (Wildman–Crippen MR) is 97.0 cm³/mol. The van der Waals surface area contributed by atoms with Crippen molar-refractivity contribution in [3.63, 3.8) is 0 Å². The molecule has 0 saturated carbocycles. The Morgan fingerprint density at radius 2 is 1.83 bits per heavy atom. The van der Waals surface area contributed by atoms with Gasteiger partial charge in [0.1, 0.15) is 5.75 Å². The predicted octanol–water partition coefficient (Wildman–Crippen LogP) is 4.58. The molecule has 1 aliphatic rings. The van der Waals surface area contributed by atoms with Crippen molar-refractivity contribution >= 4 is 33.9 Å². The van der Waals surface area contributed by atoms with E-state index in [-0.39, 0.29) is 11.8 Å². The largest absolute Gasteiger partial charge is 0.490 e. The van der Waals surface area contributed by atoms with Gasteiger partial charge in [0.25, 0.3) is 0 Å². The summed E-state index contributed by atoms with van der Waals surface area (Å²) in [5.41, 5.74) is 1.77. The Morgan fingerprint density at radius 1 is 1.12 bits per heavy atom. The molecule has 0 atom stereocenters. The number of esters is 1. The Balaban J connectivity index is 1.97. The molecule has 0 aromatic heterocycles. The van der Waals surface area contributed by atoms with Gasteiger partial charge in [-0.1, -0.05) is 30.3 Å². The third-order valence-corrected chi connectivity index (χ3v) is 3.99. The molecule has 0 spiro atoms. The summed E-state index contributed by atoms with van der Waals surface area (Å²) in [6.45, 7) is 3.91. The maximum atomic E-state index is 12.1. The maximum absolute atomic E-state index is 12.1. The number of benzene rings is 2. The summed E-state index contributed by atoms with van der Waals surface area (Å²) < 4.78 is 11.9. The fourth-order valence-corrected chi connectivity index (χ4v) is 2.72. The lowest BCUT2D eigenvalue weighted by molar-refractivity contribution is -0.129. The molecule has 2 aromatic carbocycles. The van der Waals surface area contributed by atoms with Crippen molar-refractivity contribution < 1.29 is 14.3 Å². The summed E-state index contributed by atoms with van der Waals surface area (Å²) in [5, 5.41) is 0. The number of aliphatic imine (C=N–C) groups is 1. The van der Waals surface area contributed by atoms with E-state index in [4.69, 9.17) is 9.47 Å². The summed E-state index contributed by atoms with van der Waals surface area (Å²) in [6.07, 6.45) is 1.73. The summed E-state index contributed by atoms with van der Waals surface area (Å²) in [5.74, 6) is 0.526. The SMILES string of the molecule is CC(C)Oc1ccccc1/C=C1/N=C(c2ccccc2Br)OC1=O. The molecule has 24 heavy (non-hydrogen) atoms. The van der Waals surface area contributed by atoms with E-state index in [9.17, 15) is 4.79 Å². The topological polar surface area (TPSA) is 47.9 Å². The minimum Gasteiger partial charge on any atom is -0.490 e. The van der Waals surface area contributed by atoms with E-state index in [1.165, 1.54) is 0 Å². The molecule has 1 aliphatic heterocycles. The number of cyclic esters (lactones) is 1. The maximum Gasteiger partial charge on any atom is 0.363 e. The van der Waals surface area contributed by atoms with Gasteiger partial charge in [0, 0.05) is 10.0 Å². The van der Waals surface area contributed by atoms with Crippen LogP contribution in [0.1, 0.15) is 25.0 Å². The number of rotatable bonds is 4. The molecule has 0 N–H and O–H groups in total. The van der Waals surface area contributed by atoms with Gasteiger partial charge in [-0.15, -0.1) is 0 Å². The first kappa shape index (κ1) is 16.5. The van der Waals surface area contributed by atoms with Gasteiger partial charge in [-0.3, -0.25) is 0 Å². The quantitative estimate of drug-likeness (QED) is 0.571. The summed E-state index contributed by atoms with van der Waals surface area (Å²) in [7, 11) is 0. The van der Waals surface area contributed by atoms with Gasteiger partial charge >= 0.3 is 5.97 Å². The number of ether oxygens (including phenoxy) is 2. The zero-order chi connectivity index (χ0) is 17.1. The molecule has 122 valence electrons. The monoisotopic (exact) mass is 385 g/mol. The van der Waals surface area contributed by atoms with Crippen LogP contribution in [0.3, 0.4) is 0 Å². The number of hydrogen-bond donors (Lipinski definition) is 0. The van der Waals surface area contributed by atoms with Crippen molar-refractivity contribution in [2.75, 3.05) is 0 Å². The highest BCUT2D eigenvalue weighted by molar-refractivity contribution is 9.10. The van der Waals surface area contributed by atoms with Crippen LogP contribution in [0.5, 0.6) is 5.75 Å². The van der Waals surface area contributed by atoms with Crippen LogP contribution in [0.4, 0.5) is 0 Å². The molecule has 2 aromatic rings. The minimum absolute atomic E-state index is 0.0411. The molecule has 3 rings (SSSR count). The molecule has 0 saturated heterocycles. The normalized spacial score (nSPS) is 15.6. The lowest BCUT2D eigenvalue weighted by atomic mass is 10.1. The highest BCUT2D eigenvalue weighted by atomic mass is 79.9. The van der Waals surface area contributed by atoms with E-state index in [1.54, 1.807) is 6.08 Å². The van der Waals surface area contributed by atoms with Gasteiger partial charge in [-0.05, 0) is 54.1 Å². The van der Waals surface area contributed by atoms with Crippen LogP contribution in [0.25, 0.3) is 6.08 Å². The molecule has 0 radical (unpaired) electrons. The molecule has 1 heterocycles. The highest BCUT2D eigenvalue weighted by Gasteiger charge is 2.25. The van der Waals surface area contributed by atoms with Crippen molar-refractivity contribution in [2.45, 2.75) is 20.0 Å². The Bertz CT molecular complexity index is 840. The van der Waals surface area contributed by atoms with E-state index < -0.39 is 5.97 Å². The first-order valence-electron chi connectivity index (χ1n) is 7.58. The highest BCUT2D eigenvalue weighted by Crippen LogP contribution is 2.27. The number of carbonyl (C=O) groups excluding carboxylic acids is 1. The fraction of sp³-hybridized carbons (Fsp3) is 0.158. The van der Waals surface area contributed by atoms with Gasteiger partial charge in [0.05, 0.1) is 11.7 Å². The van der Waals surface area contributed by atoms with Crippen molar-refractivity contribution in [1.29, 1.82) is 0 Å².